The van der Waals surface area contributed by atoms with Gasteiger partial charge in [-0.25, -0.2) is 13.5 Å². The molecular weight excluding hydrogens is 504 g/mol. The fourth-order valence-electron chi connectivity index (χ4n) is 4.61. The number of para-hydroxylation sites is 1. The van der Waals surface area contributed by atoms with Crippen LogP contribution in [0.5, 0.6) is 17.4 Å². The number of benzene rings is 3. The summed E-state index contributed by atoms with van der Waals surface area (Å²) in [7, 11) is 1.55. The number of nitrogens with zero attached hydrogens (tertiary/aromatic N) is 3. The average molecular weight is 534 g/mol. The van der Waals surface area contributed by atoms with Crippen LogP contribution in [0.15, 0.2) is 72.8 Å². The Morgan fingerprint density at radius 3 is 2.64 bits per heavy atom. The summed E-state index contributed by atoms with van der Waals surface area (Å²) in [6, 6.07) is 19.4. The summed E-state index contributed by atoms with van der Waals surface area (Å²) in [6.45, 7) is 2.95. The Kier molecular flexibility index (Phi) is 7.88. The summed E-state index contributed by atoms with van der Waals surface area (Å²) in [5.74, 6) is -1.11. The zero-order chi connectivity index (χ0) is 27.4. The lowest BCUT2D eigenvalue weighted by Gasteiger charge is -2.26. The first kappa shape index (κ1) is 26.4. The maximum Gasteiger partial charge on any atom is 0.254 e. The number of carbonyl (C=O) groups excluding carboxylic acids is 1. The molecule has 1 fully saturated rings. The molecule has 0 aliphatic carbocycles. The molecular formula is C30H29F2N3O4. The highest BCUT2D eigenvalue weighted by Gasteiger charge is 2.28. The molecule has 1 aliphatic rings. The summed E-state index contributed by atoms with van der Waals surface area (Å²) < 4.78 is 47.1. The van der Waals surface area contributed by atoms with Crippen LogP contribution in [0, 0.1) is 18.6 Å². The Bertz CT molecular complexity index is 1450. The number of carbonyl (C=O) groups is 1. The van der Waals surface area contributed by atoms with Crippen LogP contribution < -0.4 is 9.47 Å². The second-order valence-corrected chi connectivity index (χ2v) is 9.35. The summed E-state index contributed by atoms with van der Waals surface area (Å²) in [4.78, 5) is 15.5. The summed E-state index contributed by atoms with van der Waals surface area (Å²) in [5, 5.41) is 4.67. The zero-order valence-corrected chi connectivity index (χ0v) is 21.8. The van der Waals surface area contributed by atoms with Gasteiger partial charge in [-0.3, -0.25) is 4.79 Å². The van der Waals surface area contributed by atoms with Crippen LogP contribution in [0.1, 0.15) is 34.5 Å². The normalized spacial score (nSPS) is 14.8. The molecule has 1 aliphatic heterocycles. The summed E-state index contributed by atoms with van der Waals surface area (Å²) in [5.41, 5.74) is 2.35. The predicted octanol–water partition coefficient (Wildman–Crippen LogP) is 6.08. The van der Waals surface area contributed by atoms with Crippen LogP contribution in [-0.2, 0) is 11.3 Å². The first-order chi connectivity index (χ1) is 18.9. The Balaban J connectivity index is 1.56. The van der Waals surface area contributed by atoms with Gasteiger partial charge in [0, 0.05) is 24.8 Å². The van der Waals surface area contributed by atoms with Gasteiger partial charge in [-0.05, 0) is 62.2 Å². The number of ether oxygens (including phenoxy) is 3. The molecule has 0 spiro atoms. The van der Waals surface area contributed by atoms with Gasteiger partial charge in [0.1, 0.15) is 11.6 Å². The number of hydrogen-bond acceptors (Lipinski definition) is 5. The SMILES string of the molecule is COc1cccc(C(=O)N(Cc2c(C)nn(-c3ccccc3)c2Oc2ccc(F)cc2F)C[C@@H]2CCCO2)c1. The molecule has 3 aromatic carbocycles. The minimum absolute atomic E-state index is 0.108. The van der Waals surface area contributed by atoms with Crippen molar-refractivity contribution >= 4 is 5.91 Å². The number of amides is 1. The van der Waals surface area contributed by atoms with Gasteiger partial charge in [0.05, 0.1) is 36.7 Å². The highest BCUT2D eigenvalue weighted by molar-refractivity contribution is 5.94. The second kappa shape index (κ2) is 11.7. The molecule has 1 saturated heterocycles. The molecule has 1 atom stereocenters. The number of hydrogen-bond donors (Lipinski definition) is 0. The molecule has 0 N–H and O–H groups in total. The highest BCUT2D eigenvalue weighted by atomic mass is 19.1. The number of aryl methyl sites for hydroxylation is 1. The van der Waals surface area contributed by atoms with E-state index in [0.29, 0.717) is 41.4 Å². The second-order valence-electron chi connectivity index (χ2n) is 9.35. The van der Waals surface area contributed by atoms with Crippen LogP contribution in [0.2, 0.25) is 0 Å². The van der Waals surface area contributed by atoms with Crippen molar-refractivity contribution in [2.45, 2.75) is 32.4 Å². The van der Waals surface area contributed by atoms with Gasteiger partial charge in [-0.1, -0.05) is 24.3 Å². The average Bonchev–Trinajstić information content (AvgIpc) is 3.58. The fourth-order valence-corrected chi connectivity index (χ4v) is 4.61. The van der Waals surface area contributed by atoms with E-state index in [1.807, 2.05) is 37.3 Å². The van der Waals surface area contributed by atoms with E-state index in [0.717, 1.165) is 25.0 Å². The number of methoxy groups -OCH3 is 1. The van der Waals surface area contributed by atoms with Gasteiger partial charge < -0.3 is 19.1 Å². The van der Waals surface area contributed by atoms with Gasteiger partial charge in [0.2, 0.25) is 5.88 Å². The lowest BCUT2D eigenvalue weighted by Crippen LogP contribution is -2.37. The zero-order valence-electron chi connectivity index (χ0n) is 21.8. The molecule has 0 saturated carbocycles. The van der Waals surface area contributed by atoms with Gasteiger partial charge in [0.25, 0.3) is 5.91 Å². The molecule has 1 aromatic heterocycles. The third-order valence-electron chi connectivity index (χ3n) is 6.64. The molecule has 4 aromatic rings. The number of halogens is 2. The third-order valence-corrected chi connectivity index (χ3v) is 6.64. The first-order valence-corrected chi connectivity index (χ1v) is 12.7. The Morgan fingerprint density at radius 1 is 1.10 bits per heavy atom. The first-order valence-electron chi connectivity index (χ1n) is 12.7. The molecule has 202 valence electrons. The van der Waals surface area contributed by atoms with Crippen LogP contribution in [0.3, 0.4) is 0 Å². The van der Waals surface area contributed by atoms with E-state index in [9.17, 15) is 13.6 Å². The number of aromatic nitrogens is 2. The van der Waals surface area contributed by atoms with Crippen molar-refractivity contribution in [2.24, 2.45) is 0 Å². The molecule has 0 bridgehead atoms. The van der Waals surface area contributed by atoms with E-state index < -0.39 is 11.6 Å². The van der Waals surface area contributed by atoms with Gasteiger partial charge in [-0.15, -0.1) is 0 Å². The van der Waals surface area contributed by atoms with E-state index in [2.05, 4.69) is 5.10 Å². The van der Waals surface area contributed by atoms with Crippen LogP contribution in [0.25, 0.3) is 5.69 Å². The predicted molar refractivity (Wildman–Crippen MR) is 141 cm³/mol. The van der Waals surface area contributed by atoms with E-state index in [1.54, 1.807) is 41.0 Å². The van der Waals surface area contributed by atoms with Crippen molar-refractivity contribution in [3.05, 3.63) is 101 Å². The minimum atomic E-state index is -0.844. The Morgan fingerprint density at radius 2 is 1.92 bits per heavy atom. The standard InChI is InChI=1S/C30H29F2N3O4/c1-20-26(19-34(18-25-12-7-15-38-25)29(36)21-8-6-11-24(16-21)37-2)30(35(33-20)23-9-4-3-5-10-23)39-28-14-13-22(31)17-27(28)32/h3-6,8-11,13-14,16-17,25H,7,12,15,18-19H2,1-2H3/t25-/m0/s1. The van der Waals surface area contributed by atoms with Crippen molar-refractivity contribution in [3.8, 4) is 23.1 Å². The Hall–Kier alpha value is -4.24. The lowest BCUT2D eigenvalue weighted by atomic mass is 10.1. The summed E-state index contributed by atoms with van der Waals surface area (Å²) in [6.07, 6.45) is 1.66. The van der Waals surface area contributed by atoms with Crippen molar-refractivity contribution in [1.29, 1.82) is 0 Å². The minimum Gasteiger partial charge on any atom is -0.497 e. The van der Waals surface area contributed by atoms with Gasteiger partial charge in [0.15, 0.2) is 11.6 Å². The molecule has 0 radical (unpaired) electrons. The van der Waals surface area contributed by atoms with E-state index >= 15 is 0 Å². The van der Waals surface area contributed by atoms with Crippen LogP contribution >= 0.6 is 0 Å². The monoisotopic (exact) mass is 533 g/mol. The lowest BCUT2D eigenvalue weighted by molar-refractivity contribution is 0.0505. The van der Waals surface area contributed by atoms with E-state index in [1.165, 1.54) is 6.07 Å². The van der Waals surface area contributed by atoms with Crippen LogP contribution in [-0.4, -0.2) is 47.0 Å². The van der Waals surface area contributed by atoms with Crippen molar-refractivity contribution in [3.63, 3.8) is 0 Å². The molecule has 2 heterocycles. The largest absolute Gasteiger partial charge is 0.497 e. The van der Waals surface area contributed by atoms with Crippen molar-refractivity contribution in [1.82, 2.24) is 14.7 Å². The smallest absolute Gasteiger partial charge is 0.254 e. The topological polar surface area (TPSA) is 65.8 Å². The molecule has 9 heteroatoms. The third kappa shape index (κ3) is 5.93. The molecule has 0 unspecified atom stereocenters. The fraction of sp³-hybridized carbons (Fsp3) is 0.267. The molecule has 5 rings (SSSR count). The quantitative estimate of drug-likeness (QED) is 0.261. The van der Waals surface area contributed by atoms with Crippen molar-refractivity contribution < 1.29 is 27.8 Å². The van der Waals surface area contributed by atoms with E-state index in [-0.39, 0.29) is 30.2 Å². The van der Waals surface area contributed by atoms with Crippen LogP contribution in [0.4, 0.5) is 8.78 Å². The van der Waals surface area contributed by atoms with Crippen molar-refractivity contribution in [2.75, 3.05) is 20.3 Å². The molecule has 7 nitrogen and oxygen atoms in total. The summed E-state index contributed by atoms with van der Waals surface area (Å²) >= 11 is 0. The molecule has 1 amide bonds. The van der Waals surface area contributed by atoms with Gasteiger partial charge >= 0.3 is 0 Å². The number of rotatable bonds is 9. The Labute approximate surface area is 225 Å². The van der Waals surface area contributed by atoms with E-state index in [4.69, 9.17) is 14.2 Å². The maximum absolute atomic E-state index is 14.7. The maximum atomic E-state index is 14.7. The molecule has 39 heavy (non-hydrogen) atoms. The van der Waals surface area contributed by atoms with Gasteiger partial charge in [-0.2, -0.15) is 5.10 Å². The highest BCUT2D eigenvalue weighted by Crippen LogP contribution is 2.34.